The zero-order valence-electron chi connectivity index (χ0n) is 14.4. The third-order valence-electron chi connectivity index (χ3n) is 4.34. The van der Waals surface area contributed by atoms with Crippen molar-refractivity contribution < 1.29 is 9.21 Å². The molecule has 3 rings (SSSR count). The van der Waals surface area contributed by atoms with Gasteiger partial charge in [-0.15, -0.1) is 0 Å². The minimum Gasteiger partial charge on any atom is -0.459 e. The van der Waals surface area contributed by atoms with Crippen molar-refractivity contribution in [2.24, 2.45) is 5.92 Å². The van der Waals surface area contributed by atoms with Crippen LogP contribution >= 0.6 is 0 Å². The number of carbonyl (C=O) groups is 1. The van der Waals surface area contributed by atoms with E-state index in [-0.39, 0.29) is 17.9 Å². The zero-order valence-corrected chi connectivity index (χ0v) is 14.4. The van der Waals surface area contributed by atoms with Gasteiger partial charge in [-0.3, -0.25) is 4.79 Å². The number of amides is 1. The summed E-state index contributed by atoms with van der Waals surface area (Å²) in [6, 6.07) is 7.29. The summed E-state index contributed by atoms with van der Waals surface area (Å²) in [5, 5.41) is 8.22. The molecule has 6 nitrogen and oxygen atoms in total. The zero-order chi connectivity index (χ0) is 17.3. The summed E-state index contributed by atoms with van der Waals surface area (Å²) >= 11 is 0. The molecule has 0 aliphatic carbocycles. The topological polar surface area (TPSA) is 73.0 Å². The second-order valence-electron chi connectivity index (χ2n) is 6.37. The molecule has 0 unspecified atom stereocenters. The van der Waals surface area contributed by atoms with Crippen LogP contribution in [0.5, 0.6) is 0 Å². The highest BCUT2D eigenvalue weighted by Crippen LogP contribution is 2.33. The highest BCUT2D eigenvalue weighted by atomic mass is 16.3. The summed E-state index contributed by atoms with van der Waals surface area (Å²) in [5.41, 5.74) is 1.91. The first-order valence-electron chi connectivity index (χ1n) is 8.11. The maximum absolute atomic E-state index is 12.6. The number of nitrogens with zero attached hydrogens (tertiary/aromatic N) is 3. The molecular formula is C18H22N4O2. The third-order valence-corrected chi connectivity index (χ3v) is 4.34. The highest BCUT2D eigenvalue weighted by Gasteiger charge is 2.27. The number of para-hydroxylation sites is 1. The summed E-state index contributed by atoms with van der Waals surface area (Å²) in [6.45, 7) is 7.96. The van der Waals surface area contributed by atoms with Gasteiger partial charge in [-0.25, -0.2) is 9.67 Å². The predicted octanol–water partition coefficient (Wildman–Crippen LogP) is 3.41. The lowest BCUT2D eigenvalue weighted by Crippen LogP contribution is -2.36. The van der Waals surface area contributed by atoms with Crippen LogP contribution in [0.1, 0.15) is 44.2 Å². The molecule has 1 N–H and O–H groups in total. The molecular weight excluding hydrogens is 304 g/mol. The van der Waals surface area contributed by atoms with E-state index in [1.165, 1.54) is 11.0 Å². The van der Waals surface area contributed by atoms with Crippen LogP contribution in [0, 0.1) is 12.8 Å². The molecule has 0 saturated carbocycles. The van der Waals surface area contributed by atoms with Crippen LogP contribution in [0.25, 0.3) is 11.0 Å². The van der Waals surface area contributed by atoms with Crippen molar-refractivity contribution in [1.82, 2.24) is 20.1 Å². The number of aromatic nitrogens is 3. The Morgan fingerprint density at radius 1 is 1.25 bits per heavy atom. The fourth-order valence-electron chi connectivity index (χ4n) is 2.84. The number of benzene rings is 1. The molecule has 0 radical (unpaired) electrons. The Morgan fingerprint density at radius 2 is 2.00 bits per heavy atom. The molecule has 0 aliphatic rings. The minimum atomic E-state index is -0.432. The molecule has 0 spiro atoms. The fourth-order valence-corrected chi connectivity index (χ4v) is 2.84. The van der Waals surface area contributed by atoms with Crippen molar-refractivity contribution in [2.75, 3.05) is 0 Å². The number of fused-ring (bicyclic) bond motifs is 1. The number of hydrogen-bond donors (Lipinski definition) is 1. The lowest BCUT2D eigenvalue weighted by molar-refractivity contribution is -0.125. The number of nitrogens with one attached hydrogen (secondary N) is 1. The second-order valence-corrected chi connectivity index (χ2v) is 6.37. The van der Waals surface area contributed by atoms with E-state index in [4.69, 9.17) is 4.42 Å². The molecule has 0 aliphatic heterocycles. The van der Waals surface area contributed by atoms with Crippen molar-refractivity contribution in [2.45, 2.75) is 39.8 Å². The minimum absolute atomic E-state index is 0.112. The van der Waals surface area contributed by atoms with E-state index >= 15 is 0 Å². The summed E-state index contributed by atoms with van der Waals surface area (Å²) < 4.78 is 7.58. The number of hydrogen-bond acceptors (Lipinski definition) is 4. The van der Waals surface area contributed by atoms with Gasteiger partial charge in [-0.05, 0) is 25.8 Å². The predicted molar refractivity (Wildman–Crippen MR) is 91.4 cm³/mol. The van der Waals surface area contributed by atoms with Crippen LogP contribution in [0.4, 0.5) is 0 Å². The van der Waals surface area contributed by atoms with Crippen LogP contribution in [-0.4, -0.2) is 20.7 Å². The van der Waals surface area contributed by atoms with Crippen LogP contribution in [0.2, 0.25) is 0 Å². The monoisotopic (exact) mass is 326 g/mol. The molecule has 0 bridgehead atoms. The van der Waals surface area contributed by atoms with Gasteiger partial charge >= 0.3 is 0 Å². The first kappa shape index (κ1) is 16.2. The fraction of sp³-hybridized carbons (Fsp3) is 0.389. The largest absolute Gasteiger partial charge is 0.459 e. The van der Waals surface area contributed by atoms with Gasteiger partial charge in [0.25, 0.3) is 0 Å². The van der Waals surface area contributed by atoms with Gasteiger partial charge in [0.1, 0.15) is 30.0 Å². The van der Waals surface area contributed by atoms with Gasteiger partial charge in [-0.1, -0.05) is 32.0 Å². The third kappa shape index (κ3) is 2.91. The van der Waals surface area contributed by atoms with Crippen molar-refractivity contribution >= 4 is 16.9 Å². The van der Waals surface area contributed by atoms with Gasteiger partial charge in [0.2, 0.25) is 5.91 Å². The molecule has 3 aromatic rings. The number of furan rings is 1. The molecule has 0 fully saturated rings. The lowest BCUT2D eigenvalue weighted by Gasteiger charge is -2.23. The van der Waals surface area contributed by atoms with Gasteiger partial charge in [0.15, 0.2) is 0 Å². The van der Waals surface area contributed by atoms with E-state index in [0.29, 0.717) is 0 Å². The summed E-state index contributed by atoms with van der Waals surface area (Å²) in [5.74, 6) is 0.889. The average Bonchev–Trinajstić information content (AvgIpc) is 3.20. The van der Waals surface area contributed by atoms with Crippen molar-refractivity contribution in [3.8, 4) is 0 Å². The van der Waals surface area contributed by atoms with Gasteiger partial charge in [0, 0.05) is 10.9 Å². The SMILES string of the molecule is Cc1c([C@@H](NC(=O)[C@H](C)n2cncn2)C(C)C)oc2ccccc12. The lowest BCUT2D eigenvalue weighted by atomic mass is 9.98. The Hall–Kier alpha value is -2.63. The Bertz CT molecular complexity index is 836. The number of carbonyl (C=O) groups excluding carboxylic acids is 1. The van der Waals surface area contributed by atoms with Crippen LogP contribution in [0.3, 0.4) is 0 Å². The van der Waals surface area contributed by atoms with Gasteiger partial charge in [-0.2, -0.15) is 5.10 Å². The van der Waals surface area contributed by atoms with E-state index in [0.717, 1.165) is 22.3 Å². The molecule has 2 aromatic heterocycles. The molecule has 24 heavy (non-hydrogen) atoms. The quantitative estimate of drug-likeness (QED) is 0.780. The van der Waals surface area contributed by atoms with Crippen LogP contribution in [-0.2, 0) is 4.79 Å². The second kappa shape index (κ2) is 6.47. The van der Waals surface area contributed by atoms with Crippen molar-refractivity contribution in [1.29, 1.82) is 0 Å². The molecule has 126 valence electrons. The van der Waals surface area contributed by atoms with Crippen molar-refractivity contribution in [3.05, 3.63) is 48.2 Å². The molecule has 1 amide bonds. The molecule has 0 saturated heterocycles. The Kier molecular flexibility index (Phi) is 4.38. The number of aryl methyl sites for hydroxylation is 1. The standard InChI is InChI=1S/C18H22N4O2/c1-11(2)16(21-18(23)13(4)22-10-19-9-20-22)17-12(3)14-7-5-6-8-15(14)24-17/h5-11,13,16H,1-4H3,(H,21,23)/t13-,16-/m0/s1. The normalized spacial score (nSPS) is 14.0. The highest BCUT2D eigenvalue weighted by molar-refractivity contribution is 5.83. The summed E-state index contributed by atoms with van der Waals surface area (Å²) in [6.07, 6.45) is 2.97. The first-order chi connectivity index (χ1) is 11.5. The maximum Gasteiger partial charge on any atom is 0.245 e. The Morgan fingerprint density at radius 3 is 2.62 bits per heavy atom. The van der Waals surface area contributed by atoms with E-state index in [9.17, 15) is 4.79 Å². The van der Waals surface area contributed by atoms with E-state index in [1.807, 2.05) is 31.2 Å². The van der Waals surface area contributed by atoms with Crippen molar-refractivity contribution in [3.63, 3.8) is 0 Å². The molecule has 2 atom stereocenters. The Labute approximate surface area is 140 Å². The van der Waals surface area contributed by atoms with E-state index < -0.39 is 6.04 Å². The van der Waals surface area contributed by atoms with E-state index in [1.54, 1.807) is 13.3 Å². The summed E-state index contributed by atoms with van der Waals surface area (Å²) in [7, 11) is 0. The summed E-state index contributed by atoms with van der Waals surface area (Å²) in [4.78, 5) is 16.5. The smallest absolute Gasteiger partial charge is 0.245 e. The van der Waals surface area contributed by atoms with Gasteiger partial charge < -0.3 is 9.73 Å². The maximum atomic E-state index is 12.6. The van der Waals surface area contributed by atoms with E-state index in [2.05, 4.69) is 29.2 Å². The number of rotatable bonds is 5. The Balaban J connectivity index is 1.89. The van der Waals surface area contributed by atoms with Crippen LogP contribution < -0.4 is 5.32 Å². The molecule has 6 heteroatoms. The van der Waals surface area contributed by atoms with Crippen LogP contribution in [0.15, 0.2) is 41.3 Å². The average molecular weight is 326 g/mol. The molecule has 1 aromatic carbocycles. The van der Waals surface area contributed by atoms with Gasteiger partial charge in [0.05, 0.1) is 6.04 Å². The molecule has 2 heterocycles. The first-order valence-corrected chi connectivity index (χ1v) is 8.11.